The van der Waals surface area contributed by atoms with E-state index >= 15 is 0 Å². The highest BCUT2D eigenvalue weighted by Gasteiger charge is 2.25. The highest BCUT2D eigenvalue weighted by atomic mass is 32.2. The minimum absolute atomic E-state index is 0.219. The Bertz CT molecular complexity index is 1040. The fourth-order valence-electron chi connectivity index (χ4n) is 2.86. The van der Waals surface area contributed by atoms with Gasteiger partial charge in [-0.05, 0) is 30.5 Å². The van der Waals surface area contributed by atoms with Crippen LogP contribution in [0.2, 0.25) is 0 Å². The van der Waals surface area contributed by atoms with E-state index in [1.165, 1.54) is 18.0 Å². The van der Waals surface area contributed by atoms with Crippen molar-refractivity contribution >= 4 is 38.3 Å². The molecule has 0 spiro atoms. The van der Waals surface area contributed by atoms with Crippen molar-refractivity contribution in [1.82, 2.24) is 18.8 Å². The lowest BCUT2D eigenvalue weighted by Gasteiger charge is -2.21. The smallest absolute Gasteiger partial charge is 0.252 e. The zero-order valence-corrected chi connectivity index (χ0v) is 17.1. The molecule has 0 bridgehead atoms. The van der Waals surface area contributed by atoms with Crippen molar-refractivity contribution in [3.63, 3.8) is 0 Å². The quantitative estimate of drug-likeness (QED) is 0.604. The predicted molar refractivity (Wildman–Crippen MR) is 106 cm³/mol. The van der Waals surface area contributed by atoms with Gasteiger partial charge in [-0.1, -0.05) is 18.2 Å². The maximum Gasteiger partial charge on any atom is 0.252 e. The zero-order chi connectivity index (χ0) is 19.6. The van der Waals surface area contributed by atoms with Crippen LogP contribution in [0.3, 0.4) is 0 Å². The molecule has 0 saturated carbocycles. The van der Waals surface area contributed by atoms with Crippen molar-refractivity contribution in [2.24, 2.45) is 0 Å². The van der Waals surface area contributed by atoms with Gasteiger partial charge in [0.15, 0.2) is 0 Å². The lowest BCUT2D eigenvalue weighted by molar-refractivity contribution is -0.130. The van der Waals surface area contributed by atoms with E-state index in [9.17, 15) is 13.2 Å². The number of aromatic nitrogens is 2. The van der Waals surface area contributed by atoms with E-state index in [0.717, 1.165) is 39.0 Å². The summed E-state index contributed by atoms with van der Waals surface area (Å²) in [5.41, 5.74) is 1.90. The van der Waals surface area contributed by atoms with E-state index in [0.29, 0.717) is 6.54 Å². The summed E-state index contributed by atoms with van der Waals surface area (Å²) in [5.74, 6) is 0.491. The first-order chi connectivity index (χ1) is 12.8. The molecule has 0 N–H and O–H groups in total. The molecule has 0 aliphatic carbocycles. The van der Waals surface area contributed by atoms with Gasteiger partial charge >= 0.3 is 0 Å². The predicted octanol–water partition coefficient (Wildman–Crippen LogP) is 2.40. The molecule has 1 aromatic carbocycles. The van der Waals surface area contributed by atoms with Gasteiger partial charge in [0.1, 0.15) is 10.0 Å². The van der Waals surface area contributed by atoms with Gasteiger partial charge in [0.2, 0.25) is 5.91 Å². The van der Waals surface area contributed by atoms with Crippen molar-refractivity contribution < 1.29 is 13.2 Å². The van der Waals surface area contributed by atoms with Gasteiger partial charge in [0.05, 0.1) is 24.1 Å². The van der Waals surface area contributed by atoms with Gasteiger partial charge in [-0.3, -0.25) is 4.79 Å². The molecule has 9 heteroatoms. The van der Waals surface area contributed by atoms with Gasteiger partial charge in [-0.25, -0.2) is 13.4 Å². The summed E-state index contributed by atoms with van der Waals surface area (Å²) in [6, 6.07) is 11.0. The summed E-state index contributed by atoms with van der Waals surface area (Å²) in [6.07, 6.45) is 0. The number of nitrogens with zero attached hydrogens (tertiary/aromatic N) is 4. The van der Waals surface area contributed by atoms with Crippen molar-refractivity contribution in [1.29, 1.82) is 0 Å². The average molecular weight is 407 g/mol. The highest BCUT2D eigenvalue weighted by Crippen LogP contribution is 2.20. The van der Waals surface area contributed by atoms with E-state index < -0.39 is 10.0 Å². The summed E-state index contributed by atoms with van der Waals surface area (Å²) in [4.78, 5) is 18.7. The number of benzene rings is 1. The lowest BCUT2D eigenvalue weighted by Crippen LogP contribution is -2.39. The van der Waals surface area contributed by atoms with Crippen LogP contribution >= 0.6 is 11.3 Å². The lowest BCUT2D eigenvalue weighted by atomic mass is 10.3. The van der Waals surface area contributed by atoms with Crippen LogP contribution in [-0.2, 0) is 27.9 Å². The van der Waals surface area contributed by atoms with Crippen LogP contribution in [0.25, 0.3) is 11.0 Å². The summed E-state index contributed by atoms with van der Waals surface area (Å²) in [7, 11) is -0.568. The van der Waals surface area contributed by atoms with Crippen molar-refractivity contribution in [2.75, 3.05) is 20.6 Å². The molecule has 2 aromatic heterocycles. The first-order valence-electron chi connectivity index (χ1n) is 8.52. The Balaban J connectivity index is 1.73. The Morgan fingerprint density at radius 1 is 1.19 bits per heavy atom. The van der Waals surface area contributed by atoms with Gasteiger partial charge in [-0.2, -0.15) is 4.31 Å². The number of thiophene rings is 1. The number of aryl methyl sites for hydroxylation is 1. The Morgan fingerprint density at radius 3 is 2.59 bits per heavy atom. The third kappa shape index (κ3) is 3.90. The number of sulfonamides is 1. The average Bonchev–Trinajstić information content (AvgIpc) is 3.29. The number of fused-ring (bicyclic) bond motifs is 1. The molecule has 2 heterocycles. The van der Waals surface area contributed by atoms with E-state index in [1.807, 2.05) is 31.2 Å². The minimum Gasteiger partial charge on any atom is -0.337 e. The number of amides is 1. The number of rotatable bonds is 7. The molecule has 0 aliphatic rings. The number of hydrogen-bond donors (Lipinski definition) is 0. The van der Waals surface area contributed by atoms with Crippen molar-refractivity contribution in [3.8, 4) is 0 Å². The number of para-hydroxylation sites is 2. The van der Waals surface area contributed by atoms with Crippen LogP contribution in [-0.4, -0.2) is 53.7 Å². The molecule has 3 aromatic rings. The summed E-state index contributed by atoms with van der Waals surface area (Å²) >= 11 is 1.14. The Kier molecular flexibility index (Phi) is 5.64. The molecule has 7 nitrogen and oxygen atoms in total. The largest absolute Gasteiger partial charge is 0.337 e. The molecule has 0 unspecified atom stereocenters. The standard InChI is InChI=1S/C18H22N4O3S2/c1-4-22-15-9-6-5-8-14(15)19-16(22)12-20(2)17(23)13-21(3)27(24,25)18-10-7-11-26-18/h5-11H,4,12-13H2,1-3H3. The maximum absolute atomic E-state index is 12.6. The second-order valence-electron chi connectivity index (χ2n) is 6.20. The maximum atomic E-state index is 12.6. The first-order valence-corrected chi connectivity index (χ1v) is 10.8. The topological polar surface area (TPSA) is 75.5 Å². The third-order valence-corrected chi connectivity index (χ3v) is 7.55. The van der Waals surface area contributed by atoms with Crippen LogP contribution in [0.15, 0.2) is 46.0 Å². The fraction of sp³-hybridized carbons (Fsp3) is 0.333. The van der Waals surface area contributed by atoms with Crippen molar-refractivity contribution in [3.05, 3.63) is 47.6 Å². The summed E-state index contributed by atoms with van der Waals surface area (Å²) in [6.45, 7) is 2.86. The number of hydrogen-bond acceptors (Lipinski definition) is 5. The SMILES string of the molecule is CCn1c(CN(C)C(=O)CN(C)S(=O)(=O)c2cccs2)nc2ccccc21. The molecular weight excluding hydrogens is 384 g/mol. The Morgan fingerprint density at radius 2 is 1.93 bits per heavy atom. The zero-order valence-electron chi connectivity index (χ0n) is 15.5. The molecule has 0 fully saturated rings. The Labute approximate surface area is 162 Å². The Hall–Kier alpha value is -2.23. The number of carbonyl (C=O) groups excluding carboxylic acids is 1. The molecule has 0 saturated heterocycles. The summed E-state index contributed by atoms with van der Waals surface area (Å²) in [5, 5.41) is 1.70. The third-order valence-electron chi connectivity index (χ3n) is 4.37. The van der Waals surface area contributed by atoms with Gasteiger partial charge < -0.3 is 9.47 Å². The van der Waals surface area contributed by atoms with Crippen LogP contribution in [0, 0.1) is 0 Å². The highest BCUT2D eigenvalue weighted by molar-refractivity contribution is 7.91. The first kappa shape index (κ1) is 19.5. The molecule has 27 heavy (non-hydrogen) atoms. The van der Waals surface area contributed by atoms with E-state index in [2.05, 4.69) is 9.55 Å². The molecule has 0 radical (unpaired) electrons. The molecule has 144 valence electrons. The second-order valence-corrected chi connectivity index (χ2v) is 9.42. The number of carbonyl (C=O) groups is 1. The van der Waals surface area contributed by atoms with Crippen LogP contribution in [0.1, 0.15) is 12.7 Å². The molecule has 0 aliphatic heterocycles. The van der Waals surface area contributed by atoms with Crippen LogP contribution < -0.4 is 0 Å². The summed E-state index contributed by atoms with van der Waals surface area (Å²) < 4.78 is 28.3. The second kappa shape index (κ2) is 7.79. The van der Waals surface area contributed by atoms with Gasteiger partial charge in [0, 0.05) is 20.6 Å². The van der Waals surface area contributed by atoms with Gasteiger partial charge in [-0.15, -0.1) is 11.3 Å². The monoisotopic (exact) mass is 406 g/mol. The minimum atomic E-state index is -3.65. The van der Waals surface area contributed by atoms with Crippen LogP contribution in [0.4, 0.5) is 0 Å². The van der Waals surface area contributed by atoms with Crippen LogP contribution in [0.5, 0.6) is 0 Å². The number of likely N-dealkylation sites (N-methyl/N-ethyl adjacent to an activating group) is 2. The number of imidazole rings is 1. The van der Waals surface area contributed by atoms with Gasteiger partial charge in [0.25, 0.3) is 10.0 Å². The molecule has 0 atom stereocenters. The van der Waals surface area contributed by atoms with E-state index in [4.69, 9.17) is 0 Å². The molecule has 3 rings (SSSR count). The normalized spacial score (nSPS) is 12.0. The van der Waals surface area contributed by atoms with Crippen molar-refractivity contribution in [2.45, 2.75) is 24.2 Å². The van der Waals surface area contributed by atoms with E-state index in [-0.39, 0.29) is 16.7 Å². The molecule has 1 amide bonds. The van der Waals surface area contributed by atoms with E-state index in [1.54, 1.807) is 18.5 Å². The fourth-order valence-corrected chi connectivity index (χ4v) is 5.18. The molecular formula is C18H22N4O3S2.